The van der Waals surface area contributed by atoms with Gasteiger partial charge in [0, 0.05) is 29.1 Å². The first-order valence-corrected chi connectivity index (χ1v) is 7.47. The van der Waals surface area contributed by atoms with Gasteiger partial charge in [-0.05, 0) is 29.8 Å². The predicted molar refractivity (Wildman–Crippen MR) is 93.6 cm³/mol. The fourth-order valence-corrected chi connectivity index (χ4v) is 2.43. The zero-order valence-electron chi connectivity index (χ0n) is 13.0. The molecule has 3 N–H and O–H groups in total. The van der Waals surface area contributed by atoms with Crippen LogP contribution in [-0.2, 0) is 9.59 Å². The van der Waals surface area contributed by atoms with Gasteiger partial charge in [0.05, 0.1) is 5.57 Å². The first kappa shape index (κ1) is 16.2. The van der Waals surface area contributed by atoms with E-state index < -0.39 is 17.8 Å². The van der Waals surface area contributed by atoms with Crippen LogP contribution in [0, 0.1) is 0 Å². The lowest BCUT2D eigenvalue weighted by atomic mass is 9.96. The zero-order valence-corrected chi connectivity index (χ0v) is 13.0. The number of imide groups is 1. The van der Waals surface area contributed by atoms with Crippen LogP contribution in [0.1, 0.15) is 21.5 Å². The van der Waals surface area contributed by atoms with Crippen molar-refractivity contribution < 1.29 is 19.5 Å². The molecule has 0 aliphatic carbocycles. The molecule has 0 aromatic heterocycles. The molecular weight excluding hydrogens is 320 g/mol. The molecule has 0 radical (unpaired) electrons. The minimum Gasteiger partial charge on any atom is -0.478 e. The van der Waals surface area contributed by atoms with Gasteiger partial charge in [0.1, 0.15) is 0 Å². The molecule has 1 aliphatic rings. The van der Waals surface area contributed by atoms with Gasteiger partial charge >= 0.3 is 5.97 Å². The molecule has 1 heterocycles. The van der Waals surface area contributed by atoms with Crippen molar-refractivity contribution in [3.8, 4) is 0 Å². The second kappa shape index (κ2) is 6.84. The van der Waals surface area contributed by atoms with Crippen LogP contribution in [-0.4, -0.2) is 22.9 Å². The number of carboxylic acids is 1. The van der Waals surface area contributed by atoms with E-state index in [1.165, 1.54) is 6.08 Å². The van der Waals surface area contributed by atoms with E-state index in [1.807, 2.05) is 0 Å². The molecule has 124 valence electrons. The molecule has 1 aliphatic heterocycles. The SMILES string of the molecule is O=C(O)/C=C/c1ccc(N/C=C2\C(=O)NC(=O)c3ccccc32)cc1. The monoisotopic (exact) mass is 334 g/mol. The van der Waals surface area contributed by atoms with E-state index in [0.29, 0.717) is 16.7 Å². The summed E-state index contributed by atoms with van der Waals surface area (Å²) >= 11 is 0. The van der Waals surface area contributed by atoms with Crippen LogP contribution in [0.4, 0.5) is 5.69 Å². The summed E-state index contributed by atoms with van der Waals surface area (Å²) in [5.41, 5.74) is 2.85. The molecule has 25 heavy (non-hydrogen) atoms. The van der Waals surface area contributed by atoms with Gasteiger partial charge in [0.15, 0.2) is 0 Å². The van der Waals surface area contributed by atoms with Crippen molar-refractivity contribution in [2.45, 2.75) is 0 Å². The fourth-order valence-electron chi connectivity index (χ4n) is 2.43. The standard InChI is InChI=1S/C19H14N2O4/c22-17(23)10-7-12-5-8-13(9-6-12)20-11-16-14-3-1-2-4-15(14)18(24)21-19(16)25/h1-11,20H,(H,22,23)(H,21,24,25)/b10-7+,16-11-. The van der Waals surface area contributed by atoms with Gasteiger partial charge in [0.2, 0.25) is 0 Å². The van der Waals surface area contributed by atoms with Crippen LogP contribution in [0.5, 0.6) is 0 Å². The number of anilines is 1. The third kappa shape index (κ3) is 3.64. The highest BCUT2D eigenvalue weighted by molar-refractivity contribution is 6.31. The van der Waals surface area contributed by atoms with Crippen LogP contribution in [0.3, 0.4) is 0 Å². The summed E-state index contributed by atoms with van der Waals surface area (Å²) in [6.07, 6.45) is 4.09. The Kier molecular flexibility index (Phi) is 4.43. The maximum absolute atomic E-state index is 12.1. The predicted octanol–water partition coefficient (Wildman–Crippen LogP) is 2.51. The molecule has 6 nitrogen and oxygen atoms in total. The van der Waals surface area contributed by atoms with E-state index in [0.717, 1.165) is 17.3 Å². The number of fused-ring (bicyclic) bond motifs is 1. The highest BCUT2D eigenvalue weighted by Gasteiger charge is 2.26. The Morgan fingerprint density at radius 2 is 1.64 bits per heavy atom. The molecule has 3 rings (SSSR count). The molecule has 6 heteroatoms. The molecule has 0 atom stereocenters. The van der Waals surface area contributed by atoms with Gasteiger partial charge in [-0.15, -0.1) is 0 Å². The third-order valence-corrected chi connectivity index (χ3v) is 3.65. The number of carbonyl (C=O) groups excluding carboxylic acids is 2. The summed E-state index contributed by atoms with van der Waals surface area (Å²) in [5, 5.41) is 13.9. The van der Waals surface area contributed by atoms with Crippen molar-refractivity contribution in [2.75, 3.05) is 5.32 Å². The summed E-state index contributed by atoms with van der Waals surface area (Å²) in [4.78, 5) is 34.4. The van der Waals surface area contributed by atoms with Gasteiger partial charge in [-0.1, -0.05) is 30.3 Å². The third-order valence-electron chi connectivity index (χ3n) is 3.65. The van der Waals surface area contributed by atoms with Crippen molar-refractivity contribution in [3.63, 3.8) is 0 Å². The Bertz CT molecular complexity index is 911. The molecular formula is C19H14N2O4. The molecule has 0 bridgehead atoms. The van der Waals surface area contributed by atoms with Crippen molar-refractivity contribution in [1.82, 2.24) is 5.32 Å². The largest absolute Gasteiger partial charge is 0.478 e. The van der Waals surface area contributed by atoms with E-state index in [9.17, 15) is 14.4 Å². The molecule has 2 aromatic rings. The number of hydrogen-bond donors (Lipinski definition) is 3. The Morgan fingerprint density at radius 3 is 2.32 bits per heavy atom. The average molecular weight is 334 g/mol. The average Bonchev–Trinajstić information content (AvgIpc) is 2.61. The van der Waals surface area contributed by atoms with Gasteiger partial charge in [-0.25, -0.2) is 4.79 Å². The van der Waals surface area contributed by atoms with Crippen molar-refractivity contribution in [2.24, 2.45) is 0 Å². The first-order chi connectivity index (χ1) is 12.0. The summed E-state index contributed by atoms with van der Waals surface area (Å²) in [7, 11) is 0. The Hall–Kier alpha value is -3.67. The highest BCUT2D eigenvalue weighted by atomic mass is 16.4. The highest BCUT2D eigenvalue weighted by Crippen LogP contribution is 2.24. The lowest BCUT2D eigenvalue weighted by molar-refractivity contribution is -0.131. The Balaban J connectivity index is 1.82. The number of aliphatic carboxylic acids is 1. The summed E-state index contributed by atoms with van der Waals surface area (Å²) < 4.78 is 0. The van der Waals surface area contributed by atoms with E-state index >= 15 is 0 Å². The minimum atomic E-state index is -1.01. The smallest absolute Gasteiger partial charge is 0.328 e. The molecule has 0 fully saturated rings. The number of carbonyl (C=O) groups is 3. The van der Waals surface area contributed by atoms with E-state index in [1.54, 1.807) is 54.7 Å². The first-order valence-electron chi connectivity index (χ1n) is 7.47. The number of rotatable bonds is 4. The topological polar surface area (TPSA) is 95.5 Å². The van der Waals surface area contributed by atoms with Crippen LogP contribution in [0.15, 0.2) is 60.8 Å². The van der Waals surface area contributed by atoms with Crippen molar-refractivity contribution >= 4 is 35.1 Å². The lowest BCUT2D eigenvalue weighted by Gasteiger charge is -2.18. The Labute approximate surface area is 143 Å². The van der Waals surface area contributed by atoms with Gasteiger partial charge in [0.25, 0.3) is 11.8 Å². The van der Waals surface area contributed by atoms with Crippen molar-refractivity contribution in [3.05, 3.63) is 77.5 Å². The second-order valence-corrected chi connectivity index (χ2v) is 5.32. The molecule has 2 aromatic carbocycles. The second-order valence-electron chi connectivity index (χ2n) is 5.32. The van der Waals surface area contributed by atoms with E-state index in [2.05, 4.69) is 10.6 Å². The maximum Gasteiger partial charge on any atom is 0.328 e. The number of hydrogen-bond acceptors (Lipinski definition) is 4. The maximum atomic E-state index is 12.1. The van der Waals surface area contributed by atoms with E-state index in [4.69, 9.17) is 5.11 Å². The lowest BCUT2D eigenvalue weighted by Crippen LogP contribution is -2.36. The van der Waals surface area contributed by atoms with Gasteiger partial charge < -0.3 is 10.4 Å². The normalized spacial score (nSPS) is 15.1. The number of nitrogens with one attached hydrogen (secondary N) is 2. The summed E-state index contributed by atoms with van der Waals surface area (Å²) in [5.74, 6) is -1.88. The number of amides is 2. The molecule has 0 spiro atoms. The van der Waals surface area contributed by atoms with Gasteiger partial charge in [-0.3, -0.25) is 14.9 Å². The van der Waals surface area contributed by atoms with Gasteiger partial charge in [-0.2, -0.15) is 0 Å². The molecule has 0 unspecified atom stereocenters. The van der Waals surface area contributed by atoms with Crippen molar-refractivity contribution in [1.29, 1.82) is 0 Å². The number of carboxylic acid groups (broad SMARTS) is 1. The van der Waals surface area contributed by atoms with Crippen LogP contribution in [0.2, 0.25) is 0 Å². The quantitative estimate of drug-likeness (QED) is 0.590. The number of benzene rings is 2. The minimum absolute atomic E-state index is 0.366. The molecule has 0 saturated heterocycles. The molecule has 2 amide bonds. The summed E-state index contributed by atoms with van der Waals surface area (Å²) in [6, 6.07) is 13.9. The summed E-state index contributed by atoms with van der Waals surface area (Å²) in [6.45, 7) is 0. The zero-order chi connectivity index (χ0) is 17.8. The fraction of sp³-hybridized carbons (Fsp3) is 0. The van der Waals surface area contributed by atoms with Crippen LogP contribution >= 0.6 is 0 Å². The van der Waals surface area contributed by atoms with E-state index in [-0.39, 0.29) is 0 Å². The van der Waals surface area contributed by atoms with Crippen LogP contribution in [0.25, 0.3) is 11.6 Å². The van der Waals surface area contributed by atoms with Crippen LogP contribution < -0.4 is 10.6 Å². The molecule has 0 saturated carbocycles. The Morgan fingerprint density at radius 1 is 0.960 bits per heavy atom.